The summed E-state index contributed by atoms with van der Waals surface area (Å²) < 4.78 is 74.2. The summed E-state index contributed by atoms with van der Waals surface area (Å²) in [7, 11) is -3.23. The maximum absolute atomic E-state index is 13.8. The number of alkyl halides is 4. The topological polar surface area (TPSA) is 93.5 Å². The third-order valence-corrected chi connectivity index (χ3v) is 5.78. The quantitative estimate of drug-likeness (QED) is 0.311. The molecule has 0 amide bonds. The van der Waals surface area contributed by atoms with Crippen molar-refractivity contribution < 1.29 is 26.0 Å². The van der Waals surface area contributed by atoms with Gasteiger partial charge in [-0.15, -0.1) is 11.6 Å². The minimum absolute atomic E-state index is 0.00991. The molecule has 0 unspecified atom stereocenters. The number of benzene rings is 1. The van der Waals surface area contributed by atoms with Crippen molar-refractivity contribution in [1.82, 2.24) is 24.7 Å². The highest BCUT2D eigenvalue weighted by Crippen LogP contribution is 2.27. The Morgan fingerprint density at radius 2 is 1.94 bits per heavy atom. The van der Waals surface area contributed by atoms with Gasteiger partial charge in [-0.3, -0.25) is 10.1 Å². The summed E-state index contributed by atoms with van der Waals surface area (Å²) in [5, 5.41) is 7.15. The van der Waals surface area contributed by atoms with Crippen LogP contribution in [0.3, 0.4) is 0 Å². The van der Waals surface area contributed by atoms with Crippen LogP contribution in [0.4, 0.5) is 17.6 Å². The van der Waals surface area contributed by atoms with E-state index in [0.717, 1.165) is 16.9 Å². The van der Waals surface area contributed by atoms with Gasteiger partial charge in [-0.05, 0) is 18.2 Å². The Balaban J connectivity index is 0.000000193. The van der Waals surface area contributed by atoms with E-state index in [1.54, 1.807) is 6.07 Å². The standard InChI is InChI=1S/C11H8Cl2F4N2.C7H7N3O2S/c12-5-9-18-8-4-6(13)3-7(14)10(8)19(9)2-1-11(15,16)17;1-13(11,12)7-5-2-3-8-4-6(5)9-10-7/h3-4H,1-2,5H2;2-4H,1H3,(H,9,10). The Morgan fingerprint density at radius 1 is 1.22 bits per heavy atom. The molecule has 1 N–H and O–H groups in total. The third-order valence-electron chi connectivity index (χ3n) is 4.27. The molecule has 0 fully saturated rings. The number of nitrogens with one attached hydrogen (secondary N) is 1. The number of aryl methyl sites for hydroxylation is 1. The molecule has 0 saturated heterocycles. The molecule has 7 nitrogen and oxygen atoms in total. The van der Waals surface area contributed by atoms with Crippen LogP contribution in [0, 0.1) is 5.82 Å². The number of rotatable bonds is 4. The number of fused-ring (bicyclic) bond motifs is 2. The van der Waals surface area contributed by atoms with Gasteiger partial charge in [0.05, 0.1) is 24.0 Å². The molecule has 0 saturated carbocycles. The molecule has 0 aliphatic rings. The van der Waals surface area contributed by atoms with Crippen molar-refractivity contribution in [3.05, 3.63) is 47.3 Å². The number of hydrogen-bond donors (Lipinski definition) is 1. The van der Waals surface area contributed by atoms with Crippen LogP contribution < -0.4 is 0 Å². The molecule has 1 aromatic carbocycles. The Labute approximate surface area is 189 Å². The van der Waals surface area contributed by atoms with Crippen molar-refractivity contribution in [2.24, 2.45) is 0 Å². The molecule has 32 heavy (non-hydrogen) atoms. The second-order valence-electron chi connectivity index (χ2n) is 6.65. The Kier molecular flexibility index (Phi) is 6.96. The van der Waals surface area contributed by atoms with Crippen LogP contribution in [-0.4, -0.2) is 45.6 Å². The monoisotopic (exact) mass is 511 g/mol. The largest absolute Gasteiger partial charge is 0.390 e. The summed E-state index contributed by atoms with van der Waals surface area (Å²) in [5.74, 6) is -0.639. The first-order valence-corrected chi connectivity index (χ1v) is 11.7. The van der Waals surface area contributed by atoms with Gasteiger partial charge in [-0.25, -0.2) is 17.8 Å². The molecule has 14 heteroatoms. The van der Waals surface area contributed by atoms with Gasteiger partial charge >= 0.3 is 6.18 Å². The zero-order valence-electron chi connectivity index (χ0n) is 16.3. The summed E-state index contributed by atoms with van der Waals surface area (Å²) in [6.07, 6.45) is -1.22. The van der Waals surface area contributed by atoms with Gasteiger partial charge in [-0.2, -0.15) is 18.3 Å². The average Bonchev–Trinajstić information content (AvgIpc) is 3.27. The summed E-state index contributed by atoms with van der Waals surface area (Å²) in [6, 6.07) is 4.04. The molecule has 0 aliphatic carbocycles. The first-order valence-electron chi connectivity index (χ1n) is 8.85. The third kappa shape index (κ3) is 5.48. The molecule has 172 valence electrons. The number of halogens is 6. The van der Waals surface area contributed by atoms with Crippen molar-refractivity contribution in [2.75, 3.05) is 6.26 Å². The number of nitrogens with zero attached hydrogens (tertiary/aromatic N) is 4. The lowest BCUT2D eigenvalue weighted by Crippen LogP contribution is -2.14. The Morgan fingerprint density at radius 3 is 2.56 bits per heavy atom. The summed E-state index contributed by atoms with van der Waals surface area (Å²) in [4.78, 5) is 7.82. The number of hydrogen-bond acceptors (Lipinski definition) is 5. The summed E-state index contributed by atoms with van der Waals surface area (Å²) in [5.41, 5.74) is 0.745. The highest BCUT2D eigenvalue weighted by molar-refractivity contribution is 7.90. The van der Waals surface area contributed by atoms with Gasteiger partial charge < -0.3 is 4.57 Å². The van der Waals surface area contributed by atoms with E-state index in [4.69, 9.17) is 23.2 Å². The van der Waals surface area contributed by atoms with E-state index in [-0.39, 0.29) is 32.8 Å². The van der Waals surface area contributed by atoms with Crippen molar-refractivity contribution >= 4 is 55.0 Å². The highest BCUT2D eigenvalue weighted by Gasteiger charge is 2.28. The first-order chi connectivity index (χ1) is 14.9. The first kappa shape index (κ1) is 24.2. The average molecular weight is 512 g/mol. The van der Waals surface area contributed by atoms with E-state index in [1.165, 1.54) is 18.5 Å². The normalized spacial score (nSPS) is 12.2. The molecule has 0 spiro atoms. The van der Waals surface area contributed by atoms with E-state index in [2.05, 4.69) is 20.2 Å². The van der Waals surface area contributed by atoms with Crippen LogP contribution in [0.2, 0.25) is 5.02 Å². The zero-order chi connectivity index (χ0) is 23.7. The van der Waals surface area contributed by atoms with Crippen molar-refractivity contribution in [2.45, 2.75) is 30.0 Å². The van der Waals surface area contributed by atoms with Crippen molar-refractivity contribution in [3.8, 4) is 0 Å². The van der Waals surface area contributed by atoms with Gasteiger partial charge in [-0.1, -0.05) is 11.6 Å². The number of aromatic amines is 1. The summed E-state index contributed by atoms with van der Waals surface area (Å²) >= 11 is 11.3. The lowest BCUT2D eigenvalue weighted by molar-refractivity contribution is -0.136. The molecule has 0 atom stereocenters. The molecular weight excluding hydrogens is 497 g/mol. The lowest BCUT2D eigenvalue weighted by Gasteiger charge is -2.10. The molecule has 3 aromatic heterocycles. The molecule has 0 aliphatic heterocycles. The van der Waals surface area contributed by atoms with Gasteiger partial charge in [0.25, 0.3) is 0 Å². The van der Waals surface area contributed by atoms with E-state index in [1.807, 2.05) is 0 Å². The fourth-order valence-corrected chi connectivity index (χ4v) is 4.12. The Hall–Kier alpha value is -2.44. The SMILES string of the molecule is CS(=O)(=O)c1[nH]nc2cnccc12.Fc1cc(Cl)cc2nc(CCl)n(CCC(F)(F)F)c12. The number of aromatic nitrogens is 5. The zero-order valence-corrected chi connectivity index (χ0v) is 18.6. The molecule has 3 heterocycles. The fourth-order valence-electron chi connectivity index (χ4n) is 2.94. The molecule has 0 bridgehead atoms. The highest BCUT2D eigenvalue weighted by atomic mass is 35.5. The van der Waals surface area contributed by atoms with Crippen molar-refractivity contribution in [3.63, 3.8) is 0 Å². The minimum Gasteiger partial charge on any atom is -0.324 e. The fraction of sp³-hybridized carbons (Fsp3) is 0.278. The van der Waals surface area contributed by atoms with E-state index < -0.39 is 34.8 Å². The lowest BCUT2D eigenvalue weighted by atomic mass is 10.3. The van der Waals surface area contributed by atoms with Crippen LogP contribution in [0.25, 0.3) is 21.9 Å². The van der Waals surface area contributed by atoms with Crippen LogP contribution in [-0.2, 0) is 22.3 Å². The van der Waals surface area contributed by atoms with Crippen molar-refractivity contribution in [1.29, 1.82) is 0 Å². The van der Waals surface area contributed by atoms with Crippen LogP contribution in [0.5, 0.6) is 0 Å². The molecule has 0 radical (unpaired) electrons. The second kappa shape index (κ2) is 9.20. The van der Waals surface area contributed by atoms with Crippen LogP contribution in [0.1, 0.15) is 12.2 Å². The molecule has 4 aromatic rings. The van der Waals surface area contributed by atoms with Gasteiger partial charge in [0.15, 0.2) is 20.7 Å². The second-order valence-corrected chi connectivity index (χ2v) is 9.31. The summed E-state index contributed by atoms with van der Waals surface area (Å²) in [6.45, 7) is -0.430. The molecular formula is C18H15Cl2F4N5O2S. The smallest absolute Gasteiger partial charge is 0.324 e. The number of H-pyrrole nitrogens is 1. The number of sulfone groups is 1. The van der Waals surface area contributed by atoms with Gasteiger partial charge in [0.1, 0.15) is 16.9 Å². The maximum atomic E-state index is 13.8. The van der Waals surface area contributed by atoms with Crippen LogP contribution >= 0.6 is 23.2 Å². The van der Waals surface area contributed by atoms with E-state index in [0.29, 0.717) is 10.9 Å². The van der Waals surface area contributed by atoms with E-state index >= 15 is 0 Å². The predicted octanol–water partition coefficient (Wildman–Crippen LogP) is 4.88. The van der Waals surface area contributed by atoms with Crippen LogP contribution in [0.15, 0.2) is 35.6 Å². The number of pyridine rings is 1. The van der Waals surface area contributed by atoms with E-state index in [9.17, 15) is 26.0 Å². The number of imidazole rings is 1. The maximum Gasteiger partial charge on any atom is 0.390 e. The van der Waals surface area contributed by atoms with Gasteiger partial charge in [0.2, 0.25) is 0 Å². The minimum atomic E-state index is -4.33. The Bertz CT molecular complexity index is 1370. The molecule has 4 rings (SSSR count). The predicted molar refractivity (Wildman–Crippen MR) is 112 cm³/mol. The van der Waals surface area contributed by atoms with Gasteiger partial charge in [0, 0.05) is 29.4 Å².